The summed E-state index contributed by atoms with van der Waals surface area (Å²) in [6.45, 7) is 2.13. The maximum absolute atomic E-state index is 5.84. The van der Waals surface area contributed by atoms with Crippen LogP contribution in [-0.4, -0.2) is 19.2 Å². The molecule has 1 aliphatic heterocycles. The minimum atomic E-state index is 0.377. The minimum absolute atomic E-state index is 0.377. The van der Waals surface area contributed by atoms with E-state index in [0.29, 0.717) is 6.10 Å². The number of ether oxygens (including phenoxy) is 1. The van der Waals surface area contributed by atoms with Crippen molar-refractivity contribution in [3.8, 4) is 5.75 Å². The van der Waals surface area contributed by atoms with Crippen molar-refractivity contribution in [1.82, 2.24) is 5.32 Å². The Hall–Kier alpha value is -0.670. The van der Waals surface area contributed by atoms with Gasteiger partial charge in [-0.15, -0.1) is 12.6 Å². The number of thiol groups is 1. The Balaban J connectivity index is 1.92. The lowest BCUT2D eigenvalue weighted by Crippen LogP contribution is -2.34. The lowest BCUT2D eigenvalue weighted by atomic mass is 10.1. The molecule has 1 aromatic carbocycles. The standard InChI is InChI=1S/C11H15NOS/c14-11-3-1-9(2-4-11)13-10-5-7-12-8-6-10/h1-4,10,12,14H,5-8H2. The Kier molecular flexibility index (Phi) is 3.32. The lowest BCUT2D eigenvalue weighted by molar-refractivity contribution is 0.162. The van der Waals surface area contributed by atoms with Crippen LogP contribution in [0.5, 0.6) is 5.75 Å². The Morgan fingerprint density at radius 3 is 2.43 bits per heavy atom. The number of hydrogen-bond donors (Lipinski definition) is 2. The SMILES string of the molecule is Sc1ccc(OC2CCNCC2)cc1. The molecule has 0 amide bonds. The van der Waals surface area contributed by atoms with Crippen LogP contribution in [0.3, 0.4) is 0 Å². The second kappa shape index (κ2) is 4.71. The van der Waals surface area contributed by atoms with Gasteiger partial charge in [-0.3, -0.25) is 0 Å². The van der Waals surface area contributed by atoms with E-state index < -0.39 is 0 Å². The van der Waals surface area contributed by atoms with Crippen molar-refractivity contribution in [3.63, 3.8) is 0 Å². The summed E-state index contributed by atoms with van der Waals surface area (Å²) < 4.78 is 5.84. The van der Waals surface area contributed by atoms with Crippen molar-refractivity contribution < 1.29 is 4.74 Å². The molecule has 0 unspecified atom stereocenters. The summed E-state index contributed by atoms with van der Waals surface area (Å²) in [7, 11) is 0. The minimum Gasteiger partial charge on any atom is -0.490 e. The lowest BCUT2D eigenvalue weighted by Gasteiger charge is -2.23. The number of nitrogens with one attached hydrogen (secondary N) is 1. The van der Waals surface area contributed by atoms with Crippen LogP contribution in [0.4, 0.5) is 0 Å². The molecule has 76 valence electrons. The zero-order valence-corrected chi connectivity index (χ0v) is 8.97. The Labute approximate surface area is 90.1 Å². The average Bonchev–Trinajstić information content (AvgIpc) is 2.23. The summed E-state index contributed by atoms with van der Waals surface area (Å²) >= 11 is 4.23. The zero-order chi connectivity index (χ0) is 9.80. The van der Waals surface area contributed by atoms with Crippen LogP contribution in [-0.2, 0) is 0 Å². The maximum atomic E-state index is 5.84. The first-order valence-electron chi connectivity index (χ1n) is 5.01. The fourth-order valence-electron chi connectivity index (χ4n) is 1.63. The summed E-state index contributed by atoms with van der Waals surface area (Å²) in [5.41, 5.74) is 0. The Morgan fingerprint density at radius 1 is 1.14 bits per heavy atom. The molecule has 0 aliphatic carbocycles. The third-order valence-electron chi connectivity index (χ3n) is 2.43. The monoisotopic (exact) mass is 209 g/mol. The molecule has 0 aromatic heterocycles. The van der Waals surface area contributed by atoms with Gasteiger partial charge in [-0.1, -0.05) is 0 Å². The molecular formula is C11H15NOS. The second-order valence-corrected chi connectivity index (χ2v) is 4.08. The highest BCUT2D eigenvalue weighted by Crippen LogP contribution is 2.18. The van der Waals surface area contributed by atoms with E-state index in [1.165, 1.54) is 0 Å². The highest BCUT2D eigenvalue weighted by molar-refractivity contribution is 7.80. The van der Waals surface area contributed by atoms with E-state index in [1.54, 1.807) is 0 Å². The number of hydrogen-bond acceptors (Lipinski definition) is 3. The van der Waals surface area contributed by atoms with E-state index in [2.05, 4.69) is 17.9 Å². The van der Waals surface area contributed by atoms with Gasteiger partial charge in [0.25, 0.3) is 0 Å². The van der Waals surface area contributed by atoms with Gasteiger partial charge >= 0.3 is 0 Å². The summed E-state index contributed by atoms with van der Waals surface area (Å²) in [6, 6.07) is 7.87. The molecule has 14 heavy (non-hydrogen) atoms. The van der Waals surface area contributed by atoms with Gasteiger partial charge in [0.1, 0.15) is 11.9 Å². The molecule has 2 rings (SSSR count). The molecular weight excluding hydrogens is 194 g/mol. The normalized spacial score (nSPS) is 18.1. The molecule has 0 spiro atoms. The zero-order valence-electron chi connectivity index (χ0n) is 8.07. The van der Waals surface area contributed by atoms with Crippen molar-refractivity contribution in [2.24, 2.45) is 0 Å². The van der Waals surface area contributed by atoms with E-state index in [0.717, 1.165) is 36.6 Å². The molecule has 3 heteroatoms. The molecule has 1 heterocycles. The van der Waals surface area contributed by atoms with Gasteiger partial charge in [0.05, 0.1) is 0 Å². The van der Waals surface area contributed by atoms with Crippen LogP contribution in [0.2, 0.25) is 0 Å². The van der Waals surface area contributed by atoms with Crippen molar-refractivity contribution in [2.45, 2.75) is 23.8 Å². The van der Waals surface area contributed by atoms with E-state index in [-0.39, 0.29) is 0 Å². The molecule has 0 radical (unpaired) electrons. The summed E-state index contributed by atoms with van der Waals surface area (Å²) in [6.07, 6.45) is 2.58. The van der Waals surface area contributed by atoms with Crippen molar-refractivity contribution >= 4 is 12.6 Å². The fraction of sp³-hybridized carbons (Fsp3) is 0.455. The topological polar surface area (TPSA) is 21.3 Å². The van der Waals surface area contributed by atoms with Gasteiger partial charge in [0.2, 0.25) is 0 Å². The van der Waals surface area contributed by atoms with Gasteiger partial charge in [0, 0.05) is 4.90 Å². The van der Waals surface area contributed by atoms with Gasteiger partial charge in [-0.25, -0.2) is 0 Å². The number of benzene rings is 1. The van der Waals surface area contributed by atoms with E-state index in [4.69, 9.17) is 4.74 Å². The summed E-state index contributed by atoms with van der Waals surface area (Å²) in [4.78, 5) is 0.975. The Morgan fingerprint density at radius 2 is 1.79 bits per heavy atom. The Bertz CT molecular complexity index is 280. The largest absolute Gasteiger partial charge is 0.490 e. The fourth-order valence-corrected chi connectivity index (χ4v) is 1.78. The first-order valence-corrected chi connectivity index (χ1v) is 5.46. The van der Waals surface area contributed by atoms with Crippen molar-refractivity contribution in [3.05, 3.63) is 24.3 Å². The second-order valence-electron chi connectivity index (χ2n) is 3.56. The van der Waals surface area contributed by atoms with Crippen LogP contribution in [0.1, 0.15) is 12.8 Å². The predicted octanol–water partition coefficient (Wildman–Crippen LogP) is 2.11. The number of piperidine rings is 1. The first kappa shape index (κ1) is 9.87. The van der Waals surface area contributed by atoms with Gasteiger partial charge in [0.15, 0.2) is 0 Å². The molecule has 0 bridgehead atoms. The maximum Gasteiger partial charge on any atom is 0.119 e. The molecule has 1 N–H and O–H groups in total. The van der Waals surface area contributed by atoms with Crippen LogP contribution in [0.25, 0.3) is 0 Å². The van der Waals surface area contributed by atoms with Crippen LogP contribution in [0, 0.1) is 0 Å². The molecule has 1 aromatic rings. The molecule has 1 fully saturated rings. The third kappa shape index (κ3) is 2.66. The summed E-state index contributed by atoms with van der Waals surface area (Å²) in [5.74, 6) is 0.953. The highest BCUT2D eigenvalue weighted by atomic mass is 32.1. The van der Waals surface area contributed by atoms with E-state index in [1.807, 2.05) is 24.3 Å². The van der Waals surface area contributed by atoms with Crippen LogP contribution >= 0.6 is 12.6 Å². The average molecular weight is 209 g/mol. The highest BCUT2D eigenvalue weighted by Gasteiger charge is 2.13. The molecule has 1 saturated heterocycles. The smallest absolute Gasteiger partial charge is 0.119 e. The van der Waals surface area contributed by atoms with Gasteiger partial charge < -0.3 is 10.1 Å². The third-order valence-corrected chi connectivity index (χ3v) is 2.72. The van der Waals surface area contributed by atoms with Crippen LogP contribution < -0.4 is 10.1 Å². The van der Waals surface area contributed by atoms with E-state index >= 15 is 0 Å². The van der Waals surface area contributed by atoms with Gasteiger partial charge in [-0.05, 0) is 50.2 Å². The van der Waals surface area contributed by atoms with Crippen molar-refractivity contribution in [2.75, 3.05) is 13.1 Å². The van der Waals surface area contributed by atoms with Crippen LogP contribution in [0.15, 0.2) is 29.2 Å². The predicted molar refractivity (Wildman–Crippen MR) is 60.2 cm³/mol. The molecule has 2 nitrogen and oxygen atoms in total. The van der Waals surface area contributed by atoms with E-state index in [9.17, 15) is 0 Å². The summed E-state index contributed by atoms with van der Waals surface area (Å²) in [5, 5.41) is 3.32. The quantitative estimate of drug-likeness (QED) is 0.728. The molecule has 1 aliphatic rings. The first-order chi connectivity index (χ1) is 6.84. The molecule has 0 atom stereocenters. The van der Waals surface area contributed by atoms with Crippen molar-refractivity contribution in [1.29, 1.82) is 0 Å². The molecule has 0 saturated carbocycles. The number of rotatable bonds is 2. The van der Waals surface area contributed by atoms with Gasteiger partial charge in [-0.2, -0.15) is 0 Å².